The number of nitrogens with one attached hydrogen (secondary N) is 2. The highest BCUT2D eigenvalue weighted by molar-refractivity contribution is 5.91. The summed E-state index contributed by atoms with van der Waals surface area (Å²) in [5, 5.41) is 10.4. The van der Waals surface area contributed by atoms with Crippen LogP contribution >= 0.6 is 12.4 Å². The van der Waals surface area contributed by atoms with Crippen LogP contribution in [0.25, 0.3) is 0 Å². The van der Waals surface area contributed by atoms with Crippen molar-refractivity contribution in [2.75, 3.05) is 18.9 Å². The number of carbonyl (C=O) groups is 1. The van der Waals surface area contributed by atoms with Crippen LogP contribution in [0.3, 0.4) is 0 Å². The Balaban J connectivity index is 0.00000361. The number of hydrogen-bond donors (Lipinski definition) is 2. The molecule has 0 saturated carbocycles. The maximum atomic E-state index is 11.7. The number of anilines is 1. The van der Waals surface area contributed by atoms with Gasteiger partial charge in [0.2, 0.25) is 5.91 Å². The number of halogens is 1. The van der Waals surface area contributed by atoms with E-state index in [4.69, 9.17) is 0 Å². The minimum absolute atomic E-state index is 0. The first-order chi connectivity index (χ1) is 8.55. The normalized spacial score (nSPS) is 11.9. The Bertz CT molecular complexity index is 455. The molecule has 1 aromatic rings. The molecule has 1 amide bonds. The van der Waals surface area contributed by atoms with Gasteiger partial charge in [-0.05, 0) is 27.8 Å². The lowest BCUT2D eigenvalue weighted by Crippen LogP contribution is -2.30. The van der Waals surface area contributed by atoms with Gasteiger partial charge in [-0.25, -0.2) is 4.68 Å². The molecule has 1 heterocycles. The Labute approximate surface area is 127 Å². The fourth-order valence-electron chi connectivity index (χ4n) is 1.70. The standard InChI is InChI=1S/C14H26N4O.ClH/c1-13(2,3)10-8-11(16-12(19)9-15-7)18(17-10)14(4,5)6;/h8,15H,9H2,1-7H3,(H,16,19);1H. The zero-order valence-corrected chi connectivity index (χ0v) is 14.3. The SMILES string of the molecule is CNCC(=O)Nc1cc(C(C)(C)C)nn1C(C)(C)C.Cl. The lowest BCUT2D eigenvalue weighted by molar-refractivity contribution is -0.115. The summed E-state index contributed by atoms with van der Waals surface area (Å²) in [7, 11) is 1.75. The molecule has 1 aromatic heterocycles. The molecule has 20 heavy (non-hydrogen) atoms. The van der Waals surface area contributed by atoms with Gasteiger partial charge >= 0.3 is 0 Å². The van der Waals surface area contributed by atoms with Crippen LogP contribution in [0, 0.1) is 0 Å². The Kier molecular flexibility index (Phi) is 6.24. The van der Waals surface area contributed by atoms with Crippen LogP contribution < -0.4 is 10.6 Å². The van der Waals surface area contributed by atoms with Gasteiger partial charge in [-0.3, -0.25) is 4.79 Å². The van der Waals surface area contributed by atoms with E-state index >= 15 is 0 Å². The average Bonchev–Trinajstić information content (AvgIpc) is 2.60. The summed E-state index contributed by atoms with van der Waals surface area (Å²) in [6.45, 7) is 12.8. The maximum absolute atomic E-state index is 11.7. The van der Waals surface area contributed by atoms with Crippen LogP contribution in [-0.2, 0) is 15.7 Å². The van der Waals surface area contributed by atoms with Crippen molar-refractivity contribution in [3.63, 3.8) is 0 Å². The number of rotatable bonds is 3. The van der Waals surface area contributed by atoms with Gasteiger partial charge in [0.1, 0.15) is 5.82 Å². The Morgan fingerprint density at radius 1 is 1.25 bits per heavy atom. The Morgan fingerprint density at radius 3 is 2.20 bits per heavy atom. The van der Waals surface area contributed by atoms with Gasteiger partial charge < -0.3 is 10.6 Å². The van der Waals surface area contributed by atoms with Gasteiger partial charge in [0.15, 0.2) is 0 Å². The Hall–Kier alpha value is -1.07. The van der Waals surface area contributed by atoms with Crippen molar-refractivity contribution in [3.8, 4) is 0 Å². The largest absolute Gasteiger partial charge is 0.311 e. The summed E-state index contributed by atoms with van der Waals surface area (Å²) in [6, 6.07) is 1.96. The van der Waals surface area contributed by atoms with Crippen LogP contribution in [0.4, 0.5) is 5.82 Å². The van der Waals surface area contributed by atoms with Gasteiger partial charge in [0.25, 0.3) is 0 Å². The summed E-state index contributed by atoms with van der Waals surface area (Å²) in [4.78, 5) is 11.7. The molecule has 116 valence electrons. The molecule has 1 rings (SSSR count). The first-order valence-electron chi connectivity index (χ1n) is 6.61. The van der Waals surface area contributed by atoms with Crippen molar-refractivity contribution in [2.45, 2.75) is 52.5 Å². The smallest absolute Gasteiger partial charge is 0.239 e. The van der Waals surface area contributed by atoms with Crippen molar-refractivity contribution in [2.24, 2.45) is 0 Å². The first kappa shape index (κ1) is 18.9. The van der Waals surface area contributed by atoms with E-state index in [1.165, 1.54) is 0 Å². The third-order valence-electron chi connectivity index (χ3n) is 2.72. The molecule has 0 bridgehead atoms. The highest BCUT2D eigenvalue weighted by atomic mass is 35.5. The molecule has 0 atom stereocenters. The van der Waals surface area contributed by atoms with E-state index < -0.39 is 0 Å². The van der Waals surface area contributed by atoms with Crippen molar-refractivity contribution in [1.29, 1.82) is 0 Å². The molecule has 0 radical (unpaired) electrons. The summed E-state index contributed by atoms with van der Waals surface area (Å²) < 4.78 is 1.88. The van der Waals surface area contributed by atoms with E-state index in [-0.39, 0.29) is 29.3 Å². The third kappa shape index (κ3) is 4.80. The van der Waals surface area contributed by atoms with Crippen molar-refractivity contribution in [1.82, 2.24) is 15.1 Å². The van der Waals surface area contributed by atoms with E-state index in [0.29, 0.717) is 6.54 Å². The molecular weight excluding hydrogens is 276 g/mol. The molecule has 6 heteroatoms. The molecule has 0 aliphatic carbocycles. The van der Waals surface area contributed by atoms with E-state index in [1.807, 2.05) is 10.7 Å². The molecule has 2 N–H and O–H groups in total. The van der Waals surface area contributed by atoms with Gasteiger partial charge in [-0.2, -0.15) is 5.10 Å². The average molecular weight is 303 g/mol. The quantitative estimate of drug-likeness (QED) is 0.902. The predicted octanol–water partition coefficient (Wildman–Crippen LogP) is 2.52. The second-order valence-corrected chi connectivity index (χ2v) is 6.83. The zero-order valence-electron chi connectivity index (χ0n) is 13.5. The lowest BCUT2D eigenvalue weighted by Gasteiger charge is -2.23. The topological polar surface area (TPSA) is 59.0 Å². The van der Waals surface area contributed by atoms with Crippen LogP contribution in [0.5, 0.6) is 0 Å². The third-order valence-corrected chi connectivity index (χ3v) is 2.72. The fourth-order valence-corrected chi connectivity index (χ4v) is 1.70. The van der Waals surface area contributed by atoms with E-state index in [2.05, 4.69) is 57.3 Å². The lowest BCUT2D eigenvalue weighted by atomic mass is 9.92. The van der Waals surface area contributed by atoms with E-state index in [9.17, 15) is 4.79 Å². The van der Waals surface area contributed by atoms with Crippen LogP contribution in [0.15, 0.2) is 6.07 Å². The molecule has 0 saturated heterocycles. The first-order valence-corrected chi connectivity index (χ1v) is 6.61. The minimum atomic E-state index is -0.175. The molecule has 5 nitrogen and oxygen atoms in total. The molecule has 0 aliphatic rings. The van der Waals surface area contributed by atoms with Crippen molar-refractivity contribution in [3.05, 3.63) is 11.8 Å². The fraction of sp³-hybridized carbons (Fsp3) is 0.714. The van der Waals surface area contributed by atoms with Gasteiger partial charge in [0, 0.05) is 11.5 Å². The summed E-state index contributed by atoms with van der Waals surface area (Å²) >= 11 is 0. The van der Waals surface area contributed by atoms with Gasteiger partial charge in [-0.1, -0.05) is 20.8 Å². The maximum Gasteiger partial charge on any atom is 0.239 e. The number of likely N-dealkylation sites (N-methyl/N-ethyl adjacent to an activating group) is 1. The van der Waals surface area contributed by atoms with Crippen LogP contribution in [-0.4, -0.2) is 29.3 Å². The van der Waals surface area contributed by atoms with Gasteiger partial charge in [-0.15, -0.1) is 12.4 Å². The summed E-state index contributed by atoms with van der Waals surface area (Å²) in [5.74, 6) is 0.686. The molecule has 0 fully saturated rings. The second kappa shape index (κ2) is 6.59. The number of aromatic nitrogens is 2. The molecule has 0 unspecified atom stereocenters. The highest BCUT2D eigenvalue weighted by Crippen LogP contribution is 2.28. The monoisotopic (exact) mass is 302 g/mol. The van der Waals surface area contributed by atoms with Crippen LogP contribution in [0.2, 0.25) is 0 Å². The molecular formula is C14H27ClN4O. The second-order valence-electron chi connectivity index (χ2n) is 6.83. The molecule has 0 aromatic carbocycles. The zero-order chi connectivity index (χ0) is 14.8. The highest BCUT2D eigenvalue weighted by Gasteiger charge is 2.25. The van der Waals surface area contributed by atoms with E-state index in [1.54, 1.807) is 7.05 Å². The summed E-state index contributed by atoms with van der Waals surface area (Å²) in [6.07, 6.45) is 0. The van der Waals surface area contributed by atoms with Crippen molar-refractivity contribution < 1.29 is 4.79 Å². The minimum Gasteiger partial charge on any atom is -0.311 e. The number of nitrogens with zero attached hydrogens (tertiary/aromatic N) is 2. The molecule has 0 spiro atoms. The predicted molar refractivity (Wildman–Crippen MR) is 85.7 cm³/mol. The van der Waals surface area contributed by atoms with Gasteiger partial charge in [0.05, 0.1) is 17.8 Å². The van der Waals surface area contributed by atoms with E-state index in [0.717, 1.165) is 11.5 Å². The number of carbonyl (C=O) groups excluding carboxylic acids is 1. The molecule has 0 aliphatic heterocycles. The summed E-state index contributed by atoms with van der Waals surface area (Å²) in [5.41, 5.74) is 0.757. The van der Waals surface area contributed by atoms with Crippen molar-refractivity contribution >= 4 is 24.1 Å². The van der Waals surface area contributed by atoms with Crippen LogP contribution in [0.1, 0.15) is 47.2 Å². The number of hydrogen-bond acceptors (Lipinski definition) is 3. The Morgan fingerprint density at radius 2 is 1.80 bits per heavy atom. The number of amides is 1.